The topological polar surface area (TPSA) is 76.1 Å². The Kier molecular flexibility index (Phi) is 3.26. The molecule has 13 heavy (non-hydrogen) atoms. The van der Waals surface area contributed by atoms with Crippen molar-refractivity contribution in [2.24, 2.45) is 11.7 Å². The van der Waals surface area contributed by atoms with Crippen molar-refractivity contribution in [2.45, 2.75) is 38.3 Å². The van der Waals surface area contributed by atoms with Gasteiger partial charge in [0.1, 0.15) is 6.10 Å². The van der Waals surface area contributed by atoms with E-state index < -0.39 is 0 Å². The maximum Gasteiger partial charge on any atom is 0.302 e. The normalized spacial score (nSPS) is 33.5. The first-order chi connectivity index (χ1) is 6.11. The van der Waals surface area contributed by atoms with Crippen LogP contribution in [-0.4, -0.2) is 18.1 Å². The monoisotopic (exact) mass is 182 g/mol. The number of rotatable bonds is 1. The third kappa shape index (κ3) is 3.03. The van der Waals surface area contributed by atoms with Gasteiger partial charge in [0.25, 0.3) is 0 Å². The summed E-state index contributed by atoms with van der Waals surface area (Å²) >= 11 is 0. The van der Waals surface area contributed by atoms with Crippen LogP contribution in [0, 0.1) is 17.2 Å². The Morgan fingerprint density at radius 3 is 2.77 bits per heavy atom. The molecule has 0 saturated heterocycles. The minimum atomic E-state index is -0.296. The van der Waals surface area contributed by atoms with Gasteiger partial charge in [0.05, 0.1) is 12.0 Å². The Hall–Kier alpha value is -1.08. The number of nitrogens with zero attached hydrogens (tertiary/aromatic N) is 1. The number of carbonyl (C=O) groups is 1. The van der Waals surface area contributed by atoms with E-state index in [9.17, 15) is 4.79 Å². The first-order valence-corrected chi connectivity index (χ1v) is 4.44. The summed E-state index contributed by atoms with van der Waals surface area (Å²) in [5.41, 5.74) is 5.72. The van der Waals surface area contributed by atoms with E-state index in [1.807, 2.05) is 0 Å². The summed E-state index contributed by atoms with van der Waals surface area (Å²) in [5, 5.41) is 8.71. The van der Waals surface area contributed by atoms with Gasteiger partial charge in [0, 0.05) is 19.4 Å². The fourth-order valence-electron chi connectivity index (χ4n) is 1.75. The lowest BCUT2D eigenvalue weighted by atomic mass is 9.85. The van der Waals surface area contributed by atoms with Crippen LogP contribution >= 0.6 is 0 Å². The van der Waals surface area contributed by atoms with Crippen LogP contribution in [0.5, 0.6) is 0 Å². The minimum absolute atomic E-state index is 0.0113. The van der Waals surface area contributed by atoms with Gasteiger partial charge < -0.3 is 10.5 Å². The van der Waals surface area contributed by atoms with E-state index in [4.69, 9.17) is 15.7 Å². The summed E-state index contributed by atoms with van der Waals surface area (Å²) in [6.45, 7) is 1.38. The van der Waals surface area contributed by atoms with Crippen molar-refractivity contribution in [3.63, 3.8) is 0 Å². The second-order valence-corrected chi connectivity index (χ2v) is 3.52. The summed E-state index contributed by atoms with van der Waals surface area (Å²) in [7, 11) is 0. The van der Waals surface area contributed by atoms with Crippen LogP contribution < -0.4 is 5.73 Å². The lowest BCUT2D eigenvalue weighted by molar-refractivity contribution is -0.148. The predicted octanol–water partition coefficient (Wildman–Crippen LogP) is 0.569. The molecule has 3 unspecified atom stereocenters. The Labute approximate surface area is 77.7 Å². The third-order valence-corrected chi connectivity index (χ3v) is 2.22. The van der Waals surface area contributed by atoms with Gasteiger partial charge in [-0.05, 0) is 12.8 Å². The second kappa shape index (κ2) is 4.24. The molecule has 0 aromatic rings. The van der Waals surface area contributed by atoms with Gasteiger partial charge in [-0.3, -0.25) is 4.79 Å². The molecule has 3 atom stereocenters. The highest BCUT2D eigenvalue weighted by molar-refractivity contribution is 5.66. The first kappa shape index (κ1) is 10.0. The van der Waals surface area contributed by atoms with Crippen LogP contribution in [0.1, 0.15) is 26.2 Å². The summed E-state index contributed by atoms with van der Waals surface area (Å²) in [5.74, 6) is -0.358. The lowest BCUT2D eigenvalue weighted by Crippen LogP contribution is -2.37. The molecular weight excluding hydrogens is 168 g/mol. The predicted molar refractivity (Wildman–Crippen MR) is 46.5 cm³/mol. The van der Waals surface area contributed by atoms with Crippen LogP contribution in [0.4, 0.5) is 0 Å². The molecule has 1 fully saturated rings. The Morgan fingerprint density at radius 1 is 1.54 bits per heavy atom. The van der Waals surface area contributed by atoms with Crippen molar-refractivity contribution in [2.75, 3.05) is 0 Å². The van der Waals surface area contributed by atoms with Crippen molar-refractivity contribution < 1.29 is 9.53 Å². The maximum absolute atomic E-state index is 10.7. The van der Waals surface area contributed by atoms with Gasteiger partial charge in [-0.25, -0.2) is 0 Å². The zero-order valence-electron chi connectivity index (χ0n) is 7.69. The van der Waals surface area contributed by atoms with Gasteiger partial charge >= 0.3 is 5.97 Å². The number of nitriles is 1. The Morgan fingerprint density at radius 2 is 2.23 bits per heavy atom. The molecule has 4 nitrogen and oxygen atoms in total. The van der Waals surface area contributed by atoms with Crippen molar-refractivity contribution in [3.8, 4) is 6.07 Å². The molecule has 0 amide bonds. The van der Waals surface area contributed by atoms with Crippen LogP contribution in [0.2, 0.25) is 0 Å². The fourth-order valence-corrected chi connectivity index (χ4v) is 1.75. The number of hydrogen-bond donors (Lipinski definition) is 1. The first-order valence-electron chi connectivity index (χ1n) is 4.44. The molecular formula is C9H14N2O2. The molecule has 0 aromatic carbocycles. The zero-order valence-corrected chi connectivity index (χ0v) is 7.69. The Balaban J connectivity index is 2.48. The highest BCUT2D eigenvalue weighted by atomic mass is 16.5. The van der Waals surface area contributed by atoms with Crippen molar-refractivity contribution in [1.29, 1.82) is 5.26 Å². The van der Waals surface area contributed by atoms with Crippen molar-refractivity contribution >= 4 is 5.97 Å². The lowest BCUT2D eigenvalue weighted by Gasteiger charge is -2.29. The molecule has 72 valence electrons. The highest BCUT2D eigenvalue weighted by Crippen LogP contribution is 2.25. The van der Waals surface area contributed by atoms with Crippen LogP contribution in [0.3, 0.4) is 0 Å². The van der Waals surface area contributed by atoms with E-state index in [2.05, 4.69) is 6.07 Å². The molecule has 0 bridgehead atoms. The molecule has 1 aliphatic carbocycles. The number of ether oxygens (including phenoxy) is 1. The number of esters is 1. The van der Waals surface area contributed by atoms with Gasteiger partial charge in [0.2, 0.25) is 0 Å². The smallest absolute Gasteiger partial charge is 0.302 e. The molecule has 2 N–H and O–H groups in total. The van der Waals surface area contributed by atoms with E-state index in [1.54, 1.807) is 0 Å². The van der Waals surface area contributed by atoms with E-state index in [0.29, 0.717) is 19.3 Å². The van der Waals surface area contributed by atoms with Crippen LogP contribution in [0.25, 0.3) is 0 Å². The molecule has 0 aliphatic heterocycles. The van der Waals surface area contributed by atoms with E-state index in [1.165, 1.54) is 6.92 Å². The van der Waals surface area contributed by atoms with Gasteiger partial charge in [-0.2, -0.15) is 5.26 Å². The number of hydrogen-bond acceptors (Lipinski definition) is 4. The quantitative estimate of drug-likeness (QED) is 0.601. The highest BCUT2D eigenvalue weighted by Gasteiger charge is 2.28. The SMILES string of the molecule is CC(=O)OC1CC(N)CC(C#N)C1. The summed E-state index contributed by atoms with van der Waals surface area (Å²) in [4.78, 5) is 10.7. The van der Waals surface area contributed by atoms with Crippen LogP contribution in [-0.2, 0) is 9.53 Å². The van der Waals surface area contributed by atoms with Crippen LogP contribution in [0.15, 0.2) is 0 Å². The molecule has 1 aliphatic rings. The van der Waals surface area contributed by atoms with E-state index in [0.717, 1.165) is 0 Å². The molecule has 4 heteroatoms. The number of nitrogens with two attached hydrogens (primary N) is 1. The van der Waals surface area contributed by atoms with Gasteiger partial charge in [-0.15, -0.1) is 0 Å². The van der Waals surface area contributed by atoms with E-state index in [-0.39, 0.29) is 24.0 Å². The van der Waals surface area contributed by atoms with Crippen molar-refractivity contribution in [1.82, 2.24) is 0 Å². The van der Waals surface area contributed by atoms with E-state index >= 15 is 0 Å². The average Bonchev–Trinajstić information content (AvgIpc) is 2.01. The molecule has 0 radical (unpaired) electrons. The molecule has 1 saturated carbocycles. The minimum Gasteiger partial charge on any atom is -0.462 e. The number of carbonyl (C=O) groups excluding carboxylic acids is 1. The molecule has 0 heterocycles. The second-order valence-electron chi connectivity index (χ2n) is 3.52. The molecule has 1 rings (SSSR count). The molecule has 0 spiro atoms. The largest absolute Gasteiger partial charge is 0.462 e. The summed E-state index contributed by atoms with van der Waals surface area (Å²) in [6, 6.07) is 2.15. The maximum atomic E-state index is 10.7. The van der Waals surface area contributed by atoms with Gasteiger partial charge in [-0.1, -0.05) is 0 Å². The average molecular weight is 182 g/mol. The molecule has 0 aromatic heterocycles. The zero-order chi connectivity index (χ0) is 9.84. The van der Waals surface area contributed by atoms with Crippen molar-refractivity contribution in [3.05, 3.63) is 0 Å². The van der Waals surface area contributed by atoms with Gasteiger partial charge in [0.15, 0.2) is 0 Å². The Bertz CT molecular complexity index is 234. The summed E-state index contributed by atoms with van der Waals surface area (Å²) in [6.07, 6.45) is 1.86. The summed E-state index contributed by atoms with van der Waals surface area (Å²) < 4.78 is 5.02. The fraction of sp³-hybridized carbons (Fsp3) is 0.778. The standard InChI is InChI=1S/C9H14N2O2/c1-6(12)13-9-3-7(5-10)2-8(11)4-9/h7-9H,2-4,11H2,1H3. The third-order valence-electron chi connectivity index (χ3n) is 2.22.